The number of aromatic nitrogens is 1. The number of nitrogens with zero attached hydrogens (tertiary/aromatic N) is 1. The van der Waals surface area contributed by atoms with Gasteiger partial charge < -0.3 is 0 Å². The molecule has 0 radical (unpaired) electrons. The molecule has 106 valence electrons. The van der Waals surface area contributed by atoms with Crippen LogP contribution in [0.4, 0.5) is 13.2 Å². The Labute approximate surface area is 114 Å². The topological polar surface area (TPSA) is 50.9 Å². The quantitative estimate of drug-likeness (QED) is 0.671. The summed E-state index contributed by atoms with van der Waals surface area (Å²) in [6.07, 6.45) is -2.88. The van der Waals surface area contributed by atoms with E-state index in [4.69, 9.17) is 5.84 Å². The van der Waals surface area contributed by atoms with Crippen molar-refractivity contribution in [2.75, 3.05) is 0 Å². The Balaban J connectivity index is 2.53. The molecule has 0 aliphatic carbocycles. The molecule has 1 atom stereocenters. The van der Waals surface area contributed by atoms with Gasteiger partial charge in [0.1, 0.15) is 0 Å². The summed E-state index contributed by atoms with van der Waals surface area (Å²) in [7, 11) is 0. The van der Waals surface area contributed by atoms with Crippen molar-refractivity contribution < 1.29 is 13.2 Å². The van der Waals surface area contributed by atoms with Gasteiger partial charge in [0.15, 0.2) is 0 Å². The van der Waals surface area contributed by atoms with Crippen molar-refractivity contribution in [1.82, 2.24) is 10.4 Å². The summed E-state index contributed by atoms with van der Waals surface area (Å²) in [5, 5.41) is 0. The molecule has 0 amide bonds. The number of alkyl halides is 3. The zero-order valence-corrected chi connectivity index (χ0v) is 10.8. The Morgan fingerprint density at radius 1 is 1.20 bits per heavy atom. The Bertz CT molecular complexity index is 596. The summed E-state index contributed by atoms with van der Waals surface area (Å²) >= 11 is 0. The average Bonchev–Trinajstić information content (AvgIpc) is 2.39. The van der Waals surface area contributed by atoms with Gasteiger partial charge in [0, 0.05) is 11.9 Å². The van der Waals surface area contributed by atoms with Gasteiger partial charge in [-0.05, 0) is 36.2 Å². The number of hydrazine groups is 1. The maximum atomic E-state index is 13.1. The maximum Gasteiger partial charge on any atom is 0.416 e. The van der Waals surface area contributed by atoms with Gasteiger partial charge >= 0.3 is 6.18 Å². The van der Waals surface area contributed by atoms with E-state index in [1.54, 1.807) is 31.3 Å². The zero-order valence-electron chi connectivity index (χ0n) is 10.8. The van der Waals surface area contributed by atoms with Gasteiger partial charge in [-0.15, -0.1) is 0 Å². The molecule has 1 heterocycles. The van der Waals surface area contributed by atoms with Gasteiger partial charge in [0.2, 0.25) is 0 Å². The predicted molar refractivity (Wildman–Crippen MR) is 69.6 cm³/mol. The number of nitrogens with two attached hydrogens (primary N) is 1. The lowest BCUT2D eigenvalue weighted by atomic mass is 9.95. The van der Waals surface area contributed by atoms with E-state index in [1.807, 2.05) is 0 Å². The van der Waals surface area contributed by atoms with E-state index < -0.39 is 17.8 Å². The first-order valence-electron chi connectivity index (χ1n) is 5.98. The zero-order chi connectivity index (χ0) is 14.8. The minimum absolute atomic E-state index is 0.0908. The molecule has 0 bridgehead atoms. The molecular formula is C14H14F3N3. The van der Waals surface area contributed by atoms with E-state index >= 15 is 0 Å². The highest BCUT2D eigenvalue weighted by atomic mass is 19.4. The van der Waals surface area contributed by atoms with E-state index in [-0.39, 0.29) is 5.56 Å². The minimum Gasteiger partial charge on any atom is -0.271 e. The number of benzene rings is 1. The molecule has 3 N–H and O–H groups in total. The fourth-order valence-corrected chi connectivity index (χ4v) is 2.12. The van der Waals surface area contributed by atoms with Crippen LogP contribution in [0.25, 0.3) is 0 Å². The second-order valence-corrected chi connectivity index (χ2v) is 4.42. The van der Waals surface area contributed by atoms with Crippen LogP contribution < -0.4 is 11.3 Å². The third-order valence-corrected chi connectivity index (χ3v) is 3.00. The largest absolute Gasteiger partial charge is 0.416 e. The number of halogens is 3. The summed E-state index contributed by atoms with van der Waals surface area (Å²) in [6.45, 7) is 1.77. The maximum absolute atomic E-state index is 13.1. The molecule has 0 aliphatic rings. The van der Waals surface area contributed by atoms with Crippen LogP contribution in [0, 0.1) is 6.92 Å². The van der Waals surface area contributed by atoms with Crippen molar-refractivity contribution >= 4 is 0 Å². The van der Waals surface area contributed by atoms with Crippen LogP contribution in [-0.4, -0.2) is 4.98 Å². The van der Waals surface area contributed by atoms with Gasteiger partial charge in [0.05, 0.1) is 11.6 Å². The lowest BCUT2D eigenvalue weighted by Crippen LogP contribution is -2.30. The van der Waals surface area contributed by atoms with Gasteiger partial charge in [-0.2, -0.15) is 13.2 Å². The second-order valence-electron chi connectivity index (χ2n) is 4.42. The lowest BCUT2D eigenvalue weighted by Gasteiger charge is -2.21. The number of aryl methyl sites for hydroxylation is 1. The molecule has 2 rings (SSSR count). The van der Waals surface area contributed by atoms with Crippen molar-refractivity contribution in [1.29, 1.82) is 0 Å². The molecule has 1 unspecified atom stereocenters. The number of rotatable bonds is 3. The number of nitrogens with one attached hydrogen (secondary N) is 1. The molecular weight excluding hydrogens is 267 g/mol. The highest BCUT2D eigenvalue weighted by molar-refractivity contribution is 5.38. The van der Waals surface area contributed by atoms with Gasteiger partial charge in [-0.1, -0.05) is 18.2 Å². The second kappa shape index (κ2) is 5.60. The third kappa shape index (κ3) is 2.97. The molecule has 1 aromatic heterocycles. The summed E-state index contributed by atoms with van der Waals surface area (Å²) in [6, 6.07) is 7.99. The van der Waals surface area contributed by atoms with E-state index in [9.17, 15) is 13.2 Å². The Morgan fingerprint density at radius 2 is 1.90 bits per heavy atom. The lowest BCUT2D eigenvalue weighted by molar-refractivity contribution is -0.138. The van der Waals surface area contributed by atoms with Crippen molar-refractivity contribution in [2.24, 2.45) is 5.84 Å². The first-order chi connectivity index (χ1) is 9.43. The Hall–Kier alpha value is -1.92. The van der Waals surface area contributed by atoms with Crippen LogP contribution in [0.5, 0.6) is 0 Å². The number of pyridine rings is 1. The monoisotopic (exact) mass is 281 g/mol. The van der Waals surface area contributed by atoms with E-state index in [0.717, 1.165) is 6.07 Å². The van der Waals surface area contributed by atoms with Gasteiger partial charge in [-0.25, -0.2) is 5.43 Å². The summed E-state index contributed by atoms with van der Waals surface area (Å²) in [4.78, 5) is 4.03. The molecule has 0 saturated heterocycles. The predicted octanol–water partition coefficient (Wildman–Crippen LogP) is 2.96. The van der Waals surface area contributed by atoms with Gasteiger partial charge in [-0.3, -0.25) is 10.8 Å². The first-order valence-corrected chi connectivity index (χ1v) is 5.98. The molecule has 0 aliphatic heterocycles. The molecule has 6 heteroatoms. The first kappa shape index (κ1) is 14.5. The van der Waals surface area contributed by atoms with Crippen LogP contribution in [-0.2, 0) is 6.18 Å². The van der Waals surface area contributed by atoms with Crippen LogP contribution in [0.15, 0.2) is 42.6 Å². The van der Waals surface area contributed by atoms with E-state index in [0.29, 0.717) is 11.3 Å². The molecule has 1 aromatic carbocycles. The van der Waals surface area contributed by atoms with Crippen molar-refractivity contribution in [3.05, 3.63) is 65.0 Å². The van der Waals surface area contributed by atoms with Crippen molar-refractivity contribution in [3.8, 4) is 0 Å². The van der Waals surface area contributed by atoms with Crippen LogP contribution in [0.2, 0.25) is 0 Å². The summed E-state index contributed by atoms with van der Waals surface area (Å²) in [5.41, 5.74) is 3.19. The Morgan fingerprint density at radius 3 is 2.50 bits per heavy atom. The van der Waals surface area contributed by atoms with Crippen LogP contribution in [0.3, 0.4) is 0 Å². The highest BCUT2D eigenvalue weighted by Gasteiger charge is 2.35. The minimum atomic E-state index is -4.42. The van der Waals surface area contributed by atoms with E-state index in [1.165, 1.54) is 12.1 Å². The molecule has 0 fully saturated rings. The molecule has 0 saturated carbocycles. The average molecular weight is 281 g/mol. The fourth-order valence-electron chi connectivity index (χ4n) is 2.12. The summed E-state index contributed by atoms with van der Waals surface area (Å²) in [5.74, 6) is 5.46. The Kier molecular flexibility index (Phi) is 4.06. The molecule has 0 spiro atoms. The highest BCUT2D eigenvalue weighted by Crippen LogP contribution is 2.36. The van der Waals surface area contributed by atoms with Crippen LogP contribution >= 0.6 is 0 Å². The standard InChI is InChI=1S/C14H14F3N3/c1-9-8-10(6-7-19-9)13(20-18)11-4-2-3-5-12(11)14(15,16)17/h2-8,13,20H,18H2,1H3. The molecule has 2 aromatic rings. The number of hydrogen-bond acceptors (Lipinski definition) is 3. The molecule has 3 nitrogen and oxygen atoms in total. The SMILES string of the molecule is Cc1cc(C(NN)c2ccccc2C(F)(F)F)ccn1. The summed E-state index contributed by atoms with van der Waals surface area (Å²) < 4.78 is 39.2. The fraction of sp³-hybridized carbons (Fsp3) is 0.214. The molecule has 20 heavy (non-hydrogen) atoms. The van der Waals surface area contributed by atoms with E-state index in [2.05, 4.69) is 10.4 Å². The van der Waals surface area contributed by atoms with Crippen LogP contribution in [0.1, 0.15) is 28.4 Å². The van der Waals surface area contributed by atoms with Crippen molar-refractivity contribution in [3.63, 3.8) is 0 Å². The number of hydrogen-bond donors (Lipinski definition) is 2. The van der Waals surface area contributed by atoms with Gasteiger partial charge in [0.25, 0.3) is 0 Å². The normalized spacial score (nSPS) is 13.2. The smallest absolute Gasteiger partial charge is 0.271 e. The third-order valence-electron chi connectivity index (χ3n) is 3.00. The van der Waals surface area contributed by atoms with Crippen molar-refractivity contribution in [2.45, 2.75) is 19.1 Å².